The van der Waals surface area contributed by atoms with Crippen LogP contribution in [0, 0.1) is 5.92 Å². The molecule has 0 atom stereocenters. The van der Waals surface area contributed by atoms with Crippen LogP contribution in [0.2, 0.25) is 0 Å². The van der Waals surface area contributed by atoms with Crippen molar-refractivity contribution in [3.63, 3.8) is 0 Å². The largest absolute Gasteiger partial charge is 0.356 e. The number of nitrogens with zero attached hydrogens (tertiary/aromatic N) is 4. The zero-order valence-corrected chi connectivity index (χ0v) is 16.8. The van der Waals surface area contributed by atoms with Crippen LogP contribution in [0.1, 0.15) is 31.8 Å². The molecule has 0 saturated heterocycles. The predicted molar refractivity (Wildman–Crippen MR) is 108 cm³/mol. The molecule has 0 saturated carbocycles. The summed E-state index contributed by atoms with van der Waals surface area (Å²) < 4.78 is 2.19. The number of aromatic amines is 1. The van der Waals surface area contributed by atoms with Gasteiger partial charge in [-0.25, -0.2) is 0 Å². The van der Waals surface area contributed by atoms with Gasteiger partial charge in [0.15, 0.2) is 5.16 Å². The van der Waals surface area contributed by atoms with Crippen molar-refractivity contribution in [3.8, 4) is 0 Å². The topological polar surface area (TPSA) is 88.5 Å². The second-order valence-electron chi connectivity index (χ2n) is 6.96. The number of hydrogen-bond donors (Lipinski definition) is 2. The Morgan fingerprint density at radius 3 is 2.89 bits per heavy atom. The van der Waals surface area contributed by atoms with Crippen molar-refractivity contribution in [2.45, 2.75) is 44.8 Å². The first-order valence-corrected chi connectivity index (χ1v) is 10.5. The van der Waals surface area contributed by atoms with Crippen LogP contribution >= 0.6 is 11.8 Å². The molecule has 2 N–H and O–H groups in total. The van der Waals surface area contributed by atoms with Gasteiger partial charge < -0.3 is 9.88 Å². The molecule has 0 aliphatic heterocycles. The van der Waals surface area contributed by atoms with E-state index in [9.17, 15) is 4.79 Å². The van der Waals surface area contributed by atoms with Gasteiger partial charge in [-0.15, -0.1) is 10.2 Å². The van der Waals surface area contributed by atoms with Crippen molar-refractivity contribution in [1.29, 1.82) is 0 Å². The van der Waals surface area contributed by atoms with Crippen LogP contribution in [-0.2, 0) is 24.2 Å². The van der Waals surface area contributed by atoms with Gasteiger partial charge in [0.2, 0.25) is 5.91 Å². The third-order valence-electron chi connectivity index (χ3n) is 4.30. The van der Waals surface area contributed by atoms with Crippen molar-refractivity contribution in [2.75, 3.05) is 12.8 Å². The zero-order chi connectivity index (χ0) is 19.2. The fraction of sp³-hybridized carbons (Fsp3) is 0.474. The quantitative estimate of drug-likeness (QED) is 0.436. The average molecular weight is 387 g/mol. The Balaban J connectivity index is 1.49. The number of aromatic nitrogens is 5. The normalized spacial score (nSPS) is 11.4. The number of aryl methyl sites for hydroxylation is 1. The highest BCUT2D eigenvalue weighted by molar-refractivity contribution is 7.98. The number of H-pyrrole nitrogens is 1. The maximum atomic E-state index is 12.2. The van der Waals surface area contributed by atoms with Gasteiger partial charge in [-0.1, -0.05) is 43.8 Å². The molecule has 0 bridgehead atoms. The molecule has 7 nitrogen and oxygen atoms in total. The van der Waals surface area contributed by atoms with Gasteiger partial charge in [-0.3, -0.25) is 9.89 Å². The summed E-state index contributed by atoms with van der Waals surface area (Å²) in [6.45, 7) is 5.91. The Labute approximate surface area is 163 Å². The lowest BCUT2D eigenvalue weighted by molar-refractivity contribution is -0.120. The van der Waals surface area contributed by atoms with Crippen LogP contribution in [0.5, 0.6) is 0 Å². The number of fused-ring (bicyclic) bond motifs is 1. The first kappa shape index (κ1) is 19.4. The molecule has 27 heavy (non-hydrogen) atoms. The second-order valence-corrected chi connectivity index (χ2v) is 7.73. The van der Waals surface area contributed by atoms with Gasteiger partial charge in [-0.2, -0.15) is 5.10 Å². The predicted octanol–water partition coefficient (Wildman–Crippen LogP) is 2.82. The molecule has 2 aromatic heterocycles. The number of nitrogens with one attached hydrogen (secondary N) is 2. The fourth-order valence-corrected chi connectivity index (χ4v) is 3.57. The molecule has 0 aliphatic rings. The molecule has 1 aromatic carbocycles. The van der Waals surface area contributed by atoms with E-state index in [1.54, 1.807) is 11.8 Å². The molecule has 8 heteroatoms. The van der Waals surface area contributed by atoms with E-state index in [1.165, 1.54) is 0 Å². The zero-order valence-electron chi connectivity index (χ0n) is 16.0. The average Bonchev–Trinajstić information content (AvgIpc) is 3.23. The van der Waals surface area contributed by atoms with E-state index in [-0.39, 0.29) is 5.91 Å². The first-order chi connectivity index (χ1) is 13.1. The highest BCUT2D eigenvalue weighted by Gasteiger charge is 2.13. The number of carbonyl (C=O) groups excluding carboxylic acids is 1. The van der Waals surface area contributed by atoms with Gasteiger partial charge in [-0.05, 0) is 24.7 Å². The monoisotopic (exact) mass is 386 g/mol. The van der Waals surface area contributed by atoms with E-state index >= 15 is 0 Å². The van der Waals surface area contributed by atoms with Crippen molar-refractivity contribution >= 4 is 28.6 Å². The van der Waals surface area contributed by atoms with Crippen LogP contribution in [-0.4, -0.2) is 43.7 Å². The van der Waals surface area contributed by atoms with E-state index < -0.39 is 0 Å². The lowest BCUT2D eigenvalue weighted by atomic mass is 10.1. The summed E-state index contributed by atoms with van der Waals surface area (Å²) in [6.07, 6.45) is 3.96. The molecule has 0 aliphatic carbocycles. The van der Waals surface area contributed by atoms with Gasteiger partial charge >= 0.3 is 0 Å². The van der Waals surface area contributed by atoms with Gasteiger partial charge in [0, 0.05) is 24.9 Å². The third-order valence-corrected chi connectivity index (χ3v) is 4.97. The number of rotatable bonds is 9. The number of para-hydroxylation sites is 1. The Kier molecular flexibility index (Phi) is 6.49. The molecule has 144 valence electrons. The summed E-state index contributed by atoms with van der Waals surface area (Å²) in [5, 5.41) is 20.7. The number of thioether (sulfide) groups is 1. The second kappa shape index (κ2) is 9.03. The maximum Gasteiger partial charge on any atom is 0.226 e. The highest BCUT2D eigenvalue weighted by Crippen LogP contribution is 2.17. The lowest BCUT2D eigenvalue weighted by Gasteiger charge is -2.11. The van der Waals surface area contributed by atoms with E-state index in [1.807, 2.05) is 30.5 Å². The SMILES string of the molecule is CSc1nnc(CCCNC(=O)Cc2[nH]nc3ccccc23)n1CC(C)C. The van der Waals surface area contributed by atoms with Crippen LogP contribution in [0.15, 0.2) is 29.4 Å². The van der Waals surface area contributed by atoms with Crippen LogP contribution in [0.25, 0.3) is 10.9 Å². The van der Waals surface area contributed by atoms with Crippen LogP contribution in [0.3, 0.4) is 0 Å². The van der Waals surface area contributed by atoms with E-state index in [0.29, 0.717) is 18.9 Å². The van der Waals surface area contributed by atoms with Gasteiger partial charge in [0.25, 0.3) is 0 Å². The standard InChI is InChI=1S/C19H26N6OS/c1-13(2)12-25-17(23-24-19(25)27-3)9-6-10-20-18(26)11-16-14-7-4-5-8-15(14)21-22-16/h4-5,7-8,13H,6,9-12H2,1-3H3,(H,20,26)(H,21,22). The van der Waals surface area contributed by atoms with Gasteiger partial charge in [0.05, 0.1) is 17.6 Å². The minimum absolute atomic E-state index is 0.00199. The smallest absolute Gasteiger partial charge is 0.226 e. The number of amides is 1. The summed E-state index contributed by atoms with van der Waals surface area (Å²) in [4.78, 5) is 12.2. The first-order valence-electron chi connectivity index (χ1n) is 9.23. The summed E-state index contributed by atoms with van der Waals surface area (Å²) in [5.74, 6) is 1.52. The lowest BCUT2D eigenvalue weighted by Crippen LogP contribution is -2.26. The molecular weight excluding hydrogens is 360 g/mol. The molecule has 0 unspecified atom stereocenters. The third kappa shape index (κ3) is 4.88. The van der Waals surface area contributed by atoms with E-state index in [2.05, 4.69) is 44.1 Å². The Hall–Kier alpha value is -2.35. The molecule has 3 rings (SSSR count). The number of benzene rings is 1. The van der Waals surface area contributed by atoms with E-state index in [0.717, 1.165) is 47.0 Å². The molecular formula is C19H26N6OS. The summed E-state index contributed by atoms with van der Waals surface area (Å²) in [5.41, 5.74) is 1.73. The van der Waals surface area contributed by atoms with Crippen LogP contribution < -0.4 is 5.32 Å². The highest BCUT2D eigenvalue weighted by atomic mass is 32.2. The minimum Gasteiger partial charge on any atom is -0.356 e. The summed E-state index contributed by atoms with van der Waals surface area (Å²) in [6, 6.07) is 7.80. The summed E-state index contributed by atoms with van der Waals surface area (Å²) >= 11 is 1.62. The van der Waals surface area contributed by atoms with Crippen molar-refractivity contribution in [2.24, 2.45) is 5.92 Å². The Morgan fingerprint density at radius 1 is 1.30 bits per heavy atom. The molecule has 1 amide bonds. The maximum absolute atomic E-state index is 12.2. The minimum atomic E-state index is -0.00199. The number of carbonyl (C=O) groups is 1. The van der Waals surface area contributed by atoms with Crippen molar-refractivity contribution < 1.29 is 4.79 Å². The Morgan fingerprint density at radius 2 is 2.11 bits per heavy atom. The number of hydrogen-bond acceptors (Lipinski definition) is 5. The van der Waals surface area contributed by atoms with Crippen molar-refractivity contribution in [3.05, 3.63) is 35.8 Å². The molecule has 3 aromatic rings. The van der Waals surface area contributed by atoms with Gasteiger partial charge in [0.1, 0.15) is 5.82 Å². The fourth-order valence-electron chi connectivity index (χ4n) is 3.05. The molecule has 2 heterocycles. The summed E-state index contributed by atoms with van der Waals surface area (Å²) in [7, 11) is 0. The molecule has 0 radical (unpaired) electrons. The molecule has 0 fully saturated rings. The van der Waals surface area contributed by atoms with Crippen molar-refractivity contribution in [1.82, 2.24) is 30.3 Å². The Bertz CT molecular complexity index is 901. The van der Waals surface area contributed by atoms with E-state index in [4.69, 9.17) is 0 Å². The molecule has 0 spiro atoms. The van der Waals surface area contributed by atoms with Crippen LogP contribution in [0.4, 0.5) is 0 Å².